The van der Waals surface area contributed by atoms with E-state index in [0.29, 0.717) is 28.4 Å². The molecule has 0 atom stereocenters. The van der Waals surface area contributed by atoms with Crippen molar-refractivity contribution in [3.05, 3.63) is 60.3 Å². The van der Waals surface area contributed by atoms with Gasteiger partial charge < -0.3 is 20.1 Å². The molecule has 1 saturated heterocycles. The average molecular weight is 472 g/mol. The van der Waals surface area contributed by atoms with E-state index in [9.17, 15) is 0 Å². The van der Waals surface area contributed by atoms with Crippen LogP contribution in [-0.4, -0.2) is 71.8 Å². The molecule has 35 heavy (non-hydrogen) atoms. The number of benzene rings is 2. The van der Waals surface area contributed by atoms with E-state index in [-0.39, 0.29) is 5.95 Å². The summed E-state index contributed by atoms with van der Waals surface area (Å²) in [5.74, 6) is 2.22. The normalized spacial score (nSPS) is 14.3. The molecule has 5 rings (SSSR count). The second kappa shape index (κ2) is 10.1. The molecule has 0 saturated carbocycles. The van der Waals surface area contributed by atoms with Gasteiger partial charge >= 0.3 is 0 Å². The highest BCUT2D eigenvalue weighted by Gasteiger charge is 2.22. The molecule has 0 unspecified atom stereocenters. The number of nitrogens with zero attached hydrogens (tertiary/aromatic N) is 6. The summed E-state index contributed by atoms with van der Waals surface area (Å²) in [4.78, 5) is 23.0. The lowest BCUT2D eigenvalue weighted by molar-refractivity contribution is 0.260. The van der Waals surface area contributed by atoms with Crippen molar-refractivity contribution in [1.29, 1.82) is 0 Å². The van der Waals surface area contributed by atoms with Gasteiger partial charge in [0.1, 0.15) is 0 Å². The third-order valence-corrected chi connectivity index (χ3v) is 6.32. The van der Waals surface area contributed by atoms with Gasteiger partial charge in [0.05, 0.1) is 26.1 Å². The monoisotopic (exact) mass is 471 g/mol. The van der Waals surface area contributed by atoms with Crippen LogP contribution in [0.2, 0.25) is 0 Å². The SMILES string of the molecule is COc1ccc(-c2cnc3nc(N)nc(N4CCN(CCc5ccccc5)CC4)c3n2)cc1OC. The molecule has 1 fully saturated rings. The van der Waals surface area contributed by atoms with Crippen LogP contribution in [-0.2, 0) is 6.42 Å². The number of nitrogen functional groups attached to an aromatic ring is 1. The maximum absolute atomic E-state index is 6.03. The predicted molar refractivity (Wildman–Crippen MR) is 137 cm³/mol. The Labute approximate surface area is 204 Å². The largest absolute Gasteiger partial charge is 0.493 e. The molecule has 180 valence electrons. The minimum absolute atomic E-state index is 0.201. The number of hydrogen-bond donors (Lipinski definition) is 1. The van der Waals surface area contributed by atoms with Gasteiger partial charge in [-0.3, -0.25) is 4.90 Å². The van der Waals surface area contributed by atoms with Crippen molar-refractivity contribution in [2.24, 2.45) is 0 Å². The van der Waals surface area contributed by atoms with Crippen molar-refractivity contribution in [3.8, 4) is 22.8 Å². The van der Waals surface area contributed by atoms with Crippen molar-refractivity contribution in [1.82, 2.24) is 24.8 Å². The molecule has 4 aromatic rings. The van der Waals surface area contributed by atoms with Crippen LogP contribution in [0.25, 0.3) is 22.4 Å². The highest BCUT2D eigenvalue weighted by Crippen LogP contribution is 2.32. The van der Waals surface area contributed by atoms with E-state index in [1.54, 1.807) is 20.4 Å². The van der Waals surface area contributed by atoms with Crippen LogP contribution in [0.3, 0.4) is 0 Å². The fraction of sp³-hybridized carbons (Fsp3) is 0.308. The maximum atomic E-state index is 6.03. The first-order chi connectivity index (χ1) is 17.1. The smallest absolute Gasteiger partial charge is 0.224 e. The van der Waals surface area contributed by atoms with Gasteiger partial charge in [-0.25, -0.2) is 9.97 Å². The molecule has 0 aliphatic carbocycles. The van der Waals surface area contributed by atoms with E-state index in [0.717, 1.165) is 50.5 Å². The number of anilines is 2. The molecular formula is C26H29N7O2. The Bertz CT molecular complexity index is 1310. The number of hydrogen-bond acceptors (Lipinski definition) is 9. The topological polar surface area (TPSA) is 103 Å². The van der Waals surface area contributed by atoms with Crippen LogP contribution in [0.1, 0.15) is 5.56 Å². The Hall–Kier alpha value is -3.98. The molecule has 9 heteroatoms. The molecule has 0 radical (unpaired) electrons. The summed E-state index contributed by atoms with van der Waals surface area (Å²) in [6, 6.07) is 16.3. The first-order valence-electron chi connectivity index (χ1n) is 11.7. The summed E-state index contributed by atoms with van der Waals surface area (Å²) in [5, 5.41) is 0. The molecule has 0 bridgehead atoms. The van der Waals surface area contributed by atoms with Crippen LogP contribution in [0.4, 0.5) is 11.8 Å². The van der Waals surface area contributed by atoms with Gasteiger partial charge in [0, 0.05) is 38.3 Å². The molecule has 9 nitrogen and oxygen atoms in total. The van der Waals surface area contributed by atoms with Crippen molar-refractivity contribution in [2.45, 2.75) is 6.42 Å². The Kier molecular flexibility index (Phi) is 6.58. The molecular weight excluding hydrogens is 442 g/mol. The van der Waals surface area contributed by atoms with Crippen molar-refractivity contribution in [2.75, 3.05) is 57.6 Å². The predicted octanol–water partition coefficient (Wildman–Crippen LogP) is 3.05. The van der Waals surface area contributed by atoms with E-state index in [1.807, 2.05) is 18.2 Å². The number of rotatable bonds is 7. The van der Waals surface area contributed by atoms with E-state index in [4.69, 9.17) is 20.2 Å². The van der Waals surface area contributed by atoms with Gasteiger partial charge in [-0.1, -0.05) is 30.3 Å². The van der Waals surface area contributed by atoms with Gasteiger partial charge in [-0.05, 0) is 30.2 Å². The lowest BCUT2D eigenvalue weighted by Crippen LogP contribution is -2.47. The molecule has 3 heterocycles. The Morgan fingerprint density at radius 2 is 1.66 bits per heavy atom. The van der Waals surface area contributed by atoms with Crippen molar-refractivity contribution < 1.29 is 9.47 Å². The fourth-order valence-electron chi connectivity index (χ4n) is 4.38. The molecule has 2 N–H and O–H groups in total. The summed E-state index contributed by atoms with van der Waals surface area (Å²) in [5.41, 5.74) is 10.1. The Balaban J connectivity index is 1.37. The molecule has 2 aromatic heterocycles. The number of aromatic nitrogens is 4. The first-order valence-corrected chi connectivity index (χ1v) is 11.7. The number of nitrogens with two attached hydrogens (primary N) is 1. The second-order valence-corrected chi connectivity index (χ2v) is 8.47. The van der Waals surface area contributed by atoms with Crippen LogP contribution < -0.4 is 20.1 Å². The summed E-state index contributed by atoms with van der Waals surface area (Å²) in [7, 11) is 3.23. The standard InChI is InChI=1S/C26H29N7O2/c1-34-21-9-8-19(16-22(21)35-2)20-17-28-24-23(29-20)25(31-26(27)30-24)33-14-12-32(13-15-33)11-10-18-6-4-3-5-7-18/h3-9,16-17H,10-15H2,1-2H3,(H2,27,28,30,31). The zero-order valence-corrected chi connectivity index (χ0v) is 20.0. The lowest BCUT2D eigenvalue weighted by Gasteiger charge is -2.35. The minimum Gasteiger partial charge on any atom is -0.493 e. The van der Waals surface area contributed by atoms with E-state index in [2.05, 4.69) is 55.1 Å². The van der Waals surface area contributed by atoms with E-state index < -0.39 is 0 Å². The van der Waals surface area contributed by atoms with Gasteiger partial charge in [0.25, 0.3) is 0 Å². The molecule has 1 aliphatic rings. The molecule has 0 spiro atoms. The van der Waals surface area contributed by atoms with Crippen LogP contribution >= 0.6 is 0 Å². The van der Waals surface area contributed by atoms with Crippen LogP contribution in [0, 0.1) is 0 Å². The summed E-state index contributed by atoms with van der Waals surface area (Å²) in [6.07, 6.45) is 2.74. The number of piperazine rings is 1. The third kappa shape index (κ3) is 4.95. The fourth-order valence-corrected chi connectivity index (χ4v) is 4.38. The third-order valence-electron chi connectivity index (χ3n) is 6.32. The van der Waals surface area contributed by atoms with Gasteiger partial charge in [0.2, 0.25) is 5.95 Å². The first kappa shape index (κ1) is 22.8. The maximum Gasteiger partial charge on any atom is 0.224 e. The van der Waals surface area contributed by atoms with Gasteiger partial charge in [0.15, 0.2) is 28.5 Å². The van der Waals surface area contributed by atoms with Crippen LogP contribution in [0.5, 0.6) is 11.5 Å². The Morgan fingerprint density at radius 1 is 0.886 bits per heavy atom. The van der Waals surface area contributed by atoms with Gasteiger partial charge in [-0.2, -0.15) is 9.97 Å². The van der Waals surface area contributed by atoms with Crippen LogP contribution in [0.15, 0.2) is 54.7 Å². The molecule has 0 amide bonds. The zero-order valence-electron chi connectivity index (χ0n) is 20.0. The Morgan fingerprint density at radius 3 is 2.40 bits per heavy atom. The van der Waals surface area contributed by atoms with E-state index in [1.165, 1.54) is 5.56 Å². The minimum atomic E-state index is 0.201. The molecule has 2 aromatic carbocycles. The highest BCUT2D eigenvalue weighted by molar-refractivity contribution is 5.86. The number of methoxy groups -OCH3 is 2. The van der Waals surface area contributed by atoms with Crippen molar-refractivity contribution >= 4 is 22.9 Å². The lowest BCUT2D eigenvalue weighted by atomic mass is 10.1. The molecule has 1 aliphatic heterocycles. The quantitative estimate of drug-likeness (QED) is 0.436. The summed E-state index contributed by atoms with van der Waals surface area (Å²) in [6.45, 7) is 4.60. The highest BCUT2D eigenvalue weighted by atomic mass is 16.5. The van der Waals surface area contributed by atoms with Gasteiger partial charge in [-0.15, -0.1) is 0 Å². The number of fused-ring (bicyclic) bond motifs is 1. The number of ether oxygens (including phenoxy) is 2. The summed E-state index contributed by atoms with van der Waals surface area (Å²) < 4.78 is 10.8. The summed E-state index contributed by atoms with van der Waals surface area (Å²) >= 11 is 0. The zero-order chi connectivity index (χ0) is 24.2. The second-order valence-electron chi connectivity index (χ2n) is 8.47. The van der Waals surface area contributed by atoms with Crippen molar-refractivity contribution in [3.63, 3.8) is 0 Å². The van der Waals surface area contributed by atoms with E-state index >= 15 is 0 Å². The average Bonchev–Trinajstić information content (AvgIpc) is 2.91.